The van der Waals surface area contributed by atoms with Crippen molar-refractivity contribution in [2.45, 2.75) is 32.3 Å². The topological polar surface area (TPSA) is 40.5 Å². The van der Waals surface area contributed by atoms with Crippen molar-refractivity contribution in [1.82, 2.24) is 4.90 Å². The number of halogens is 1. The van der Waals surface area contributed by atoms with Gasteiger partial charge in [-0.3, -0.25) is 4.79 Å². The third kappa shape index (κ3) is 2.93. The van der Waals surface area contributed by atoms with Crippen molar-refractivity contribution in [3.8, 4) is 0 Å². The van der Waals surface area contributed by atoms with Gasteiger partial charge in [-0.2, -0.15) is 0 Å². The van der Waals surface area contributed by atoms with Crippen molar-refractivity contribution in [3.63, 3.8) is 0 Å². The number of carbonyl (C=O) groups excluding carboxylic acids is 1. The molecule has 0 bridgehead atoms. The number of hydrogen-bond donors (Lipinski definition) is 1. The molecule has 1 saturated heterocycles. The molecule has 0 spiro atoms. The Balaban J connectivity index is 2.15. The van der Waals surface area contributed by atoms with Crippen LogP contribution in [0.1, 0.15) is 35.7 Å². The molecule has 1 aliphatic heterocycles. The van der Waals surface area contributed by atoms with Crippen molar-refractivity contribution < 1.29 is 9.90 Å². The number of aliphatic hydroxyl groups is 1. The Kier molecular flexibility index (Phi) is 3.78. The summed E-state index contributed by atoms with van der Waals surface area (Å²) in [6.07, 6.45) is 1.28. The Hall–Kier alpha value is -0.870. The van der Waals surface area contributed by atoms with Crippen molar-refractivity contribution in [2.75, 3.05) is 13.1 Å². The van der Waals surface area contributed by atoms with E-state index in [9.17, 15) is 9.90 Å². The summed E-state index contributed by atoms with van der Waals surface area (Å²) in [5, 5.41) is 9.90. The summed E-state index contributed by atoms with van der Waals surface area (Å²) in [5.74, 6) is 0.0427. The second-order valence-electron chi connectivity index (χ2n) is 5.27. The van der Waals surface area contributed by atoms with Gasteiger partial charge in [-0.05, 0) is 54.8 Å². The first kappa shape index (κ1) is 13.6. The molecule has 18 heavy (non-hydrogen) atoms. The highest BCUT2D eigenvalue weighted by Gasteiger charge is 2.30. The summed E-state index contributed by atoms with van der Waals surface area (Å²) in [5.41, 5.74) is 1.16. The molecular formula is C14H18BrNO2. The largest absolute Gasteiger partial charge is 0.390 e. The second kappa shape index (κ2) is 5.02. The maximum absolute atomic E-state index is 12.4. The van der Waals surface area contributed by atoms with Gasteiger partial charge in [-0.1, -0.05) is 11.6 Å². The molecule has 1 aromatic carbocycles. The number of amides is 1. The van der Waals surface area contributed by atoms with E-state index in [1.807, 2.05) is 36.9 Å². The van der Waals surface area contributed by atoms with E-state index in [1.165, 1.54) is 0 Å². The number of likely N-dealkylation sites (tertiary alicyclic amines) is 1. The highest BCUT2D eigenvalue weighted by molar-refractivity contribution is 9.10. The molecule has 1 fully saturated rings. The van der Waals surface area contributed by atoms with E-state index in [4.69, 9.17) is 0 Å². The Morgan fingerprint density at radius 3 is 2.61 bits per heavy atom. The van der Waals surface area contributed by atoms with Crippen LogP contribution in [0.3, 0.4) is 0 Å². The first-order valence-corrected chi connectivity index (χ1v) is 6.96. The minimum Gasteiger partial charge on any atom is -0.390 e. The summed E-state index contributed by atoms with van der Waals surface area (Å²) in [6.45, 7) is 5.04. The normalized spacial score (nSPS) is 18.8. The van der Waals surface area contributed by atoms with E-state index in [0.717, 1.165) is 10.0 Å². The fourth-order valence-corrected chi connectivity index (χ4v) is 2.58. The van der Waals surface area contributed by atoms with Crippen LogP contribution in [0.2, 0.25) is 0 Å². The van der Waals surface area contributed by atoms with Gasteiger partial charge in [-0.15, -0.1) is 0 Å². The fourth-order valence-electron chi connectivity index (χ4n) is 2.16. The van der Waals surface area contributed by atoms with Gasteiger partial charge in [0, 0.05) is 17.6 Å². The number of piperidine rings is 1. The lowest BCUT2D eigenvalue weighted by atomic mass is 9.93. The van der Waals surface area contributed by atoms with Crippen LogP contribution < -0.4 is 0 Å². The first-order valence-electron chi connectivity index (χ1n) is 6.17. The Bertz CT molecular complexity index is 461. The number of hydrogen-bond acceptors (Lipinski definition) is 2. The predicted octanol–water partition coefficient (Wildman–Crippen LogP) is 2.74. The van der Waals surface area contributed by atoms with E-state index >= 15 is 0 Å². The number of nitrogens with zero attached hydrogens (tertiary/aromatic N) is 1. The van der Waals surface area contributed by atoms with Gasteiger partial charge in [0.05, 0.1) is 11.2 Å². The Morgan fingerprint density at radius 2 is 2.00 bits per heavy atom. The minimum atomic E-state index is -0.624. The molecule has 1 aliphatic rings. The molecule has 98 valence electrons. The van der Waals surface area contributed by atoms with Crippen molar-refractivity contribution in [3.05, 3.63) is 33.8 Å². The van der Waals surface area contributed by atoms with E-state index in [1.54, 1.807) is 0 Å². The molecule has 1 amide bonds. The second-order valence-corrected chi connectivity index (χ2v) is 6.13. The molecule has 0 radical (unpaired) electrons. The van der Waals surface area contributed by atoms with Crippen molar-refractivity contribution in [1.29, 1.82) is 0 Å². The van der Waals surface area contributed by atoms with Crippen LogP contribution >= 0.6 is 15.9 Å². The Labute approximate surface area is 116 Å². The standard InChI is InChI=1S/C14H18BrNO2/c1-10-3-4-12(15)11(9-10)13(17)16-7-5-14(2,18)6-8-16/h3-4,9,18H,5-8H2,1-2H3. The predicted molar refractivity (Wildman–Crippen MR) is 74.6 cm³/mol. The maximum atomic E-state index is 12.4. The third-order valence-electron chi connectivity index (χ3n) is 3.48. The van der Waals surface area contributed by atoms with Crippen molar-refractivity contribution in [2.24, 2.45) is 0 Å². The van der Waals surface area contributed by atoms with E-state index in [-0.39, 0.29) is 5.91 Å². The quantitative estimate of drug-likeness (QED) is 0.866. The van der Waals surface area contributed by atoms with Crippen LogP contribution in [-0.2, 0) is 0 Å². The van der Waals surface area contributed by atoms with Crippen LogP contribution in [-0.4, -0.2) is 34.6 Å². The van der Waals surface area contributed by atoms with Crippen LogP contribution in [0, 0.1) is 6.92 Å². The summed E-state index contributed by atoms with van der Waals surface area (Å²) in [6, 6.07) is 5.78. The van der Waals surface area contributed by atoms with Gasteiger partial charge in [-0.25, -0.2) is 0 Å². The average Bonchev–Trinajstić information content (AvgIpc) is 2.31. The monoisotopic (exact) mass is 311 g/mol. The van der Waals surface area contributed by atoms with Gasteiger partial charge in [0.2, 0.25) is 0 Å². The maximum Gasteiger partial charge on any atom is 0.255 e. The molecular weight excluding hydrogens is 294 g/mol. The zero-order valence-corrected chi connectivity index (χ0v) is 12.3. The van der Waals surface area contributed by atoms with E-state index in [0.29, 0.717) is 31.5 Å². The molecule has 3 nitrogen and oxygen atoms in total. The number of benzene rings is 1. The summed E-state index contributed by atoms with van der Waals surface area (Å²) in [7, 11) is 0. The number of aryl methyl sites for hydroxylation is 1. The lowest BCUT2D eigenvalue weighted by Gasteiger charge is -2.36. The summed E-state index contributed by atoms with van der Waals surface area (Å²) < 4.78 is 0.829. The summed E-state index contributed by atoms with van der Waals surface area (Å²) in [4.78, 5) is 14.2. The molecule has 0 unspecified atom stereocenters. The van der Waals surface area contributed by atoms with Gasteiger partial charge >= 0.3 is 0 Å². The third-order valence-corrected chi connectivity index (χ3v) is 4.17. The van der Waals surface area contributed by atoms with E-state index < -0.39 is 5.60 Å². The van der Waals surface area contributed by atoms with Gasteiger partial charge in [0.1, 0.15) is 0 Å². The van der Waals surface area contributed by atoms with Crippen molar-refractivity contribution >= 4 is 21.8 Å². The molecule has 0 aliphatic carbocycles. The fraction of sp³-hybridized carbons (Fsp3) is 0.500. The lowest BCUT2D eigenvalue weighted by molar-refractivity contribution is -0.00205. The highest BCUT2D eigenvalue weighted by atomic mass is 79.9. The minimum absolute atomic E-state index is 0.0427. The number of carbonyl (C=O) groups is 1. The zero-order valence-electron chi connectivity index (χ0n) is 10.7. The molecule has 0 saturated carbocycles. The molecule has 0 aromatic heterocycles. The smallest absolute Gasteiger partial charge is 0.255 e. The first-order chi connectivity index (χ1) is 8.39. The molecule has 1 N–H and O–H groups in total. The summed E-state index contributed by atoms with van der Waals surface area (Å²) >= 11 is 3.42. The molecule has 1 aromatic rings. The van der Waals surface area contributed by atoms with Gasteiger partial charge in [0.25, 0.3) is 5.91 Å². The SMILES string of the molecule is Cc1ccc(Br)c(C(=O)N2CCC(C)(O)CC2)c1. The average molecular weight is 312 g/mol. The molecule has 0 atom stereocenters. The van der Waals surface area contributed by atoms with Crippen LogP contribution in [0.4, 0.5) is 0 Å². The highest BCUT2D eigenvalue weighted by Crippen LogP contribution is 2.25. The lowest BCUT2D eigenvalue weighted by Crippen LogP contribution is -2.45. The van der Waals surface area contributed by atoms with Crippen LogP contribution in [0.5, 0.6) is 0 Å². The zero-order chi connectivity index (χ0) is 13.3. The van der Waals surface area contributed by atoms with Gasteiger partial charge < -0.3 is 10.0 Å². The van der Waals surface area contributed by atoms with Crippen LogP contribution in [0.15, 0.2) is 22.7 Å². The van der Waals surface area contributed by atoms with E-state index in [2.05, 4.69) is 15.9 Å². The molecule has 1 heterocycles. The number of rotatable bonds is 1. The van der Waals surface area contributed by atoms with Gasteiger partial charge in [0.15, 0.2) is 0 Å². The van der Waals surface area contributed by atoms with Crippen LogP contribution in [0.25, 0.3) is 0 Å². The molecule has 2 rings (SSSR count). The Morgan fingerprint density at radius 1 is 1.39 bits per heavy atom. The molecule has 4 heteroatoms.